The second-order valence-corrected chi connectivity index (χ2v) is 5.57. The summed E-state index contributed by atoms with van der Waals surface area (Å²) in [4.78, 5) is 10.6. The van der Waals surface area contributed by atoms with Crippen LogP contribution < -0.4 is 10.5 Å². The van der Waals surface area contributed by atoms with E-state index in [1.54, 1.807) is 7.11 Å². The molecule has 1 atom stereocenters. The monoisotopic (exact) mass is 483 g/mol. The van der Waals surface area contributed by atoms with Crippen LogP contribution in [-0.4, -0.2) is 24.2 Å². The molecule has 0 saturated heterocycles. The van der Waals surface area contributed by atoms with E-state index in [0.717, 1.165) is 18.5 Å². The average Bonchev–Trinajstić information content (AvgIpc) is 2.16. The Morgan fingerprint density at radius 3 is 2.29 bits per heavy atom. The van der Waals surface area contributed by atoms with Crippen LogP contribution in [0.15, 0.2) is 12.1 Å². The summed E-state index contributed by atoms with van der Waals surface area (Å²) < 4.78 is 7.14. The molecule has 0 bridgehead atoms. The van der Waals surface area contributed by atoms with Gasteiger partial charge in [-0.2, -0.15) is 0 Å². The van der Waals surface area contributed by atoms with Gasteiger partial charge in [0.1, 0.15) is 11.8 Å². The summed E-state index contributed by atoms with van der Waals surface area (Å²) in [6.07, 6.45) is 0.325. The maximum absolute atomic E-state index is 10.6. The predicted octanol–water partition coefficient (Wildman–Crippen LogP) is 2.28. The Bertz CT molecular complexity index is 392. The first-order valence-electron chi connectivity index (χ1n) is 4.46. The highest BCUT2D eigenvalue weighted by molar-refractivity contribution is 14.1. The average molecular weight is 483 g/mol. The number of carbonyl (C=O) groups is 1. The van der Waals surface area contributed by atoms with Crippen LogP contribution in [0.3, 0.4) is 0 Å². The van der Waals surface area contributed by atoms with E-state index < -0.39 is 12.0 Å². The first-order valence-corrected chi connectivity index (χ1v) is 6.61. The van der Waals surface area contributed by atoms with Crippen LogP contribution in [0, 0.1) is 7.14 Å². The lowest BCUT2D eigenvalue weighted by molar-refractivity contribution is -0.138. The Balaban J connectivity index is 0.00000256. The van der Waals surface area contributed by atoms with Crippen LogP contribution in [0.25, 0.3) is 0 Å². The minimum atomic E-state index is -0.985. The van der Waals surface area contributed by atoms with Crippen LogP contribution >= 0.6 is 57.6 Å². The van der Waals surface area contributed by atoms with Crippen LogP contribution in [0.5, 0.6) is 5.75 Å². The number of ether oxygens (including phenoxy) is 1. The van der Waals surface area contributed by atoms with Crippen molar-refractivity contribution in [3.05, 3.63) is 24.8 Å². The summed E-state index contributed by atoms with van der Waals surface area (Å²) in [6.45, 7) is 0. The highest BCUT2D eigenvalue weighted by Gasteiger charge is 2.14. The lowest BCUT2D eigenvalue weighted by Crippen LogP contribution is -2.32. The fourth-order valence-corrected chi connectivity index (χ4v) is 3.60. The molecular formula is C10H12ClI2NO3. The predicted molar refractivity (Wildman–Crippen MR) is 85.0 cm³/mol. The zero-order chi connectivity index (χ0) is 12.3. The van der Waals surface area contributed by atoms with Gasteiger partial charge >= 0.3 is 5.97 Å². The van der Waals surface area contributed by atoms with E-state index in [1.165, 1.54) is 0 Å². The van der Waals surface area contributed by atoms with Crippen LogP contribution in [-0.2, 0) is 11.2 Å². The molecule has 0 saturated carbocycles. The summed E-state index contributed by atoms with van der Waals surface area (Å²) in [5.41, 5.74) is 6.39. The fraction of sp³-hybridized carbons (Fsp3) is 0.300. The zero-order valence-electron chi connectivity index (χ0n) is 8.94. The topological polar surface area (TPSA) is 72.5 Å². The molecule has 0 amide bonds. The molecule has 0 radical (unpaired) electrons. The number of carboxylic acid groups (broad SMARTS) is 1. The minimum Gasteiger partial charge on any atom is -0.495 e. The number of hydrogen-bond acceptors (Lipinski definition) is 3. The Morgan fingerprint density at radius 1 is 1.47 bits per heavy atom. The first-order chi connectivity index (χ1) is 7.45. The van der Waals surface area contributed by atoms with Crippen molar-refractivity contribution in [2.24, 2.45) is 5.73 Å². The molecule has 0 aliphatic rings. The third-order valence-electron chi connectivity index (χ3n) is 2.04. The smallest absolute Gasteiger partial charge is 0.320 e. The van der Waals surface area contributed by atoms with Crippen molar-refractivity contribution in [3.8, 4) is 5.75 Å². The maximum atomic E-state index is 10.6. The van der Waals surface area contributed by atoms with Crippen LogP contribution in [0.1, 0.15) is 5.56 Å². The number of methoxy groups -OCH3 is 1. The first kappa shape index (κ1) is 17.2. The lowest BCUT2D eigenvalue weighted by atomic mass is 10.1. The lowest BCUT2D eigenvalue weighted by Gasteiger charge is -2.11. The molecule has 0 fully saturated rings. The Kier molecular flexibility index (Phi) is 7.68. The second kappa shape index (κ2) is 7.59. The molecule has 0 aromatic heterocycles. The highest BCUT2D eigenvalue weighted by atomic mass is 127. The summed E-state index contributed by atoms with van der Waals surface area (Å²) in [7, 11) is 1.61. The second-order valence-electron chi connectivity index (χ2n) is 3.24. The number of nitrogens with two attached hydrogens (primary N) is 1. The SMILES string of the molecule is COc1c(I)cc(C[C@H](N)C(=O)O)cc1I.Cl. The summed E-state index contributed by atoms with van der Waals surface area (Å²) >= 11 is 4.32. The number of rotatable bonds is 4. The van der Waals surface area contributed by atoms with Gasteiger partial charge in [-0.1, -0.05) is 0 Å². The quantitative estimate of drug-likeness (QED) is 0.645. The van der Waals surface area contributed by atoms with Crippen molar-refractivity contribution >= 4 is 63.6 Å². The van der Waals surface area contributed by atoms with Gasteiger partial charge in [-0.05, 0) is 69.3 Å². The standard InChI is InChI=1S/C10H11I2NO3.ClH/c1-16-9-6(11)2-5(3-7(9)12)4-8(13)10(14)15;/h2-3,8H,4,13H2,1H3,(H,14,15);1H/t8-;/m0./s1. The highest BCUT2D eigenvalue weighted by Crippen LogP contribution is 2.28. The molecule has 4 nitrogen and oxygen atoms in total. The van der Waals surface area contributed by atoms with Crippen molar-refractivity contribution in [1.29, 1.82) is 0 Å². The van der Waals surface area contributed by atoms with Gasteiger partial charge in [0.05, 0.1) is 14.3 Å². The maximum Gasteiger partial charge on any atom is 0.320 e. The zero-order valence-corrected chi connectivity index (χ0v) is 14.1. The number of hydrogen-bond donors (Lipinski definition) is 2. The Hall–Kier alpha value is 0.200. The summed E-state index contributed by atoms with van der Waals surface area (Å²) in [5, 5.41) is 8.73. The molecule has 0 unspecified atom stereocenters. The molecule has 1 aromatic carbocycles. The van der Waals surface area contributed by atoms with E-state index in [-0.39, 0.29) is 12.4 Å². The molecule has 96 valence electrons. The Labute approximate surface area is 133 Å². The van der Waals surface area contributed by atoms with Gasteiger partial charge in [0.15, 0.2) is 0 Å². The van der Waals surface area contributed by atoms with E-state index in [2.05, 4.69) is 45.2 Å². The molecule has 17 heavy (non-hydrogen) atoms. The number of aliphatic carboxylic acids is 1. The van der Waals surface area contributed by atoms with Gasteiger partial charge in [0.25, 0.3) is 0 Å². The molecule has 7 heteroatoms. The van der Waals surface area contributed by atoms with Crippen molar-refractivity contribution in [2.45, 2.75) is 12.5 Å². The fourth-order valence-electron chi connectivity index (χ4n) is 1.27. The third kappa shape index (κ3) is 4.76. The van der Waals surface area contributed by atoms with Crippen LogP contribution in [0.4, 0.5) is 0 Å². The van der Waals surface area contributed by atoms with Gasteiger partial charge in [-0.3, -0.25) is 4.79 Å². The molecule has 0 aliphatic carbocycles. The van der Waals surface area contributed by atoms with Gasteiger partial charge in [-0.25, -0.2) is 0 Å². The van der Waals surface area contributed by atoms with Gasteiger partial charge < -0.3 is 15.6 Å². The number of carboxylic acids is 1. The summed E-state index contributed by atoms with van der Waals surface area (Å²) in [6, 6.07) is 2.93. The van der Waals surface area contributed by atoms with E-state index >= 15 is 0 Å². The normalized spacial score (nSPS) is 11.5. The Morgan fingerprint density at radius 2 is 1.94 bits per heavy atom. The van der Waals surface area contributed by atoms with Crippen LogP contribution in [0.2, 0.25) is 0 Å². The molecule has 1 rings (SSSR count). The number of halogens is 3. The molecule has 0 spiro atoms. The molecule has 0 heterocycles. The number of benzene rings is 1. The molecular weight excluding hydrogens is 471 g/mol. The van der Waals surface area contributed by atoms with Gasteiger partial charge in [-0.15, -0.1) is 12.4 Å². The minimum absolute atomic E-state index is 0. The third-order valence-corrected chi connectivity index (χ3v) is 3.64. The van der Waals surface area contributed by atoms with Crippen molar-refractivity contribution in [1.82, 2.24) is 0 Å². The molecule has 3 N–H and O–H groups in total. The van der Waals surface area contributed by atoms with Crippen molar-refractivity contribution in [3.63, 3.8) is 0 Å². The molecule has 1 aromatic rings. The van der Waals surface area contributed by atoms with Crippen molar-refractivity contribution in [2.75, 3.05) is 7.11 Å². The molecule has 0 aliphatic heterocycles. The van der Waals surface area contributed by atoms with E-state index in [0.29, 0.717) is 6.42 Å². The van der Waals surface area contributed by atoms with Gasteiger partial charge in [0.2, 0.25) is 0 Å². The largest absolute Gasteiger partial charge is 0.495 e. The van der Waals surface area contributed by atoms with E-state index in [4.69, 9.17) is 15.6 Å². The summed E-state index contributed by atoms with van der Waals surface area (Å²) in [5.74, 6) is -0.172. The van der Waals surface area contributed by atoms with E-state index in [1.807, 2.05) is 12.1 Å². The van der Waals surface area contributed by atoms with Crippen molar-refractivity contribution < 1.29 is 14.6 Å². The van der Waals surface area contributed by atoms with Gasteiger partial charge in [0, 0.05) is 0 Å². The van der Waals surface area contributed by atoms with E-state index in [9.17, 15) is 4.79 Å².